The predicted octanol–water partition coefficient (Wildman–Crippen LogP) is 3.36. The van der Waals surface area contributed by atoms with Crippen LogP contribution in [0, 0.1) is 21.0 Å². The molecule has 0 bridgehead atoms. The van der Waals surface area contributed by atoms with E-state index in [2.05, 4.69) is 0 Å². The molecule has 0 spiro atoms. The van der Waals surface area contributed by atoms with Gasteiger partial charge in [-0.15, -0.1) is 0 Å². The van der Waals surface area contributed by atoms with Gasteiger partial charge in [-0.3, -0.25) is 0 Å². The van der Waals surface area contributed by atoms with Gasteiger partial charge in [-0.25, -0.2) is 13.2 Å². The number of rotatable bonds is 0. The highest BCUT2D eigenvalue weighted by Gasteiger charge is 2.14. The molecule has 0 aromatic heterocycles. The number of benzene rings is 1. The molecular formula is C6HClF3I. The maximum absolute atomic E-state index is 12.5. The quantitative estimate of drug-likeness (QED) is 0.391. The zero-order valence-electron chi connectivity index (χ0n) is 4.97. The van der Waals surface area contributed by atoms with Crippen LogP contribution in [0.25, 0.3) is 0 Å². The molecule has 0 aliphatic carbocycles. The first-order valence-electron chi connectivity index (χ1n) is 2.52. The van der Waals surface area contributed by atoms with Crippen molar-refractivity contribution in [1.29, 1.82) is 0 Å². The minimum atomic E-state index is -1.49. The van der Waals surface area contributed by atoms with Crippen molar-refractivity contribution in [2.75, 3.05) is 0 Å². The van der Waals surface area contributed by atoms with Gasteiger partial charge in [0.05, 0.1) is 8.59 Å². The fraction of sp³-hybridized carbons (Fsp3) is 0. The van der Waals surface area contributed by atoms with Crippen LogP contribution >= 0.6 is 34.2 Å². The van der Waals surface area contributed by atoms with Crippen LogP contribution in [0.15, 0.2) is 6.07 Å². The van der Waals surface area contributed by atoms with Crippen molar-refractivity contribution >= 4 is 34.2 Å². The summed E-state index contributed by atoms with van der Waals surface area (Å²) in [5, 5.41) is -0.123. The van der Waals surface area contributed by atoms with Gasteiger partial charge in [0.1, 0.15) is 0 Å². The van der Waals surface area contributed by atoms with Crippen molar-refractivity contribution in [3.05, 3.63) is 32.1 Å². The van der Waals surface area contributed by atoms with E-state index in [9.17, 15) is 13.2 Å². The second-order valence-electron chi connectivity index (χ2n) is 1.78. The summed E-state index contributed by atoms with van der Waals surface area (Å²) in [5.41, 5.74) is 0. The second kappa shape index (κ2) is 3.18. The van der Waals surface area contributed by atoms with Crippen LogP contribution in [0.2, 0.25) is 5.02 Å². The molecule has 1 aromatic carbocycles. The van der Waals surface area contributed by atoms with Gasteiger partial charge < -0.3 is 0 Å². The minimum absolute atomic E-state index is 0.108. The molecule has 0 fully saturated rings. The highest BCUT2D eigenvalue weighted by molar-refractivity contribution is 14.1. The van der Waals surface area contributed by atoms with E-state index >= 15 is 0 Å². The first kappa shape index (κ1) is 9.12. The molecule has 0 unspecified atom stereocenters. The van der Waals surface area contributed by atoms with Gasteiger partial charge in [-0.2, -0.15) is 0 Å². The normalized spacial score (nSPS) is 10.3. The van der Waals surface area contributed by atoms with E-state index in [0.29, 0.717) is 0 Å². The van der Waals surface area contributed by atoms with E-state index in [4.69, 9.17) is 11.6 Å². The topological polar surface area (TPSA) is 0 Å². The highest BCUT2D eigenvalue weighted by Crippen LogP contribution is 2.25. The lowest BCUT2D eigenvalue weighted by atomic mass is 10.3. The molecule has 0 aliphatic rings. The van der Waals surface area contributed by atoms with Gasteiger partial charge in [-0.1, -0.05) is 11.6 Å². The standard InChI is InChI=1S/C6HClF3I/c7-2-1-3(8)4(9)5(10)6(2)11/h1H. The third kappa shape index (κ3) is 1.61. The molecule has 0 N–H and O–H groups in total. The Morgan fingerprint density at radius 2 is 1.73 bits per heavy atom. The van der Waals surface area contributed by atoms with Crippen LogP contribution < -0.4 is 0 Å². The Hall–Kier alpha value is 0.0300. The molecule has 0 heterocycles. The van der Waals surface area contributed by atoms with Gasteiger partial charge >= 0.3 is 0 Å². The van der Waals surface area contributed by atoms with Gasteiger partial charge in [0.15, 0.2) is 17.5 Å². The molecule has 0 aliphatic heterocycles. The summed E-state index contributed by atoms with van der Waals surface area (Å²) >= 11 is 6.83. The van der Waals surface area contributed by atoms with Crippen LogP contribution in [0.5, 0.6) is 0 Å². The molecular weight excluding hydrogens is 291 g/mol. The summed E-state index contributed by atoms with van der Waals surface area (Å²) < 4.78 is 37.1. The Labute approximate surface area is 79.5 Å². The summed E-state index contributed by atoms with van der Waals surface area (Å²) in [7, 11) is 0. The lowest BCUT2D eigenvalue weighted by Crippen LogP contribution is -1.94. The smallest absolute Gasteiger partial charge is 0.195 e. The maximum atomic E-state index is 12.5. The van der Waals surface area contributed by atoms with E-state index in [1.165, 1.54) is 22.6 Å². The average molecular weight is 292 g/mol. The van der Waals surface area contributed by atoms with Crippen LogP contribution in [0.4, 0.5) is 13.2 Å². The summed E-state index contributed by atoms with van der Waals surface area (Å²) in [5.74, 6) is -4.00. The Kier molecular flexibility index (Phi) is 2.64. The van der Waals surface area contributed by atoms with E-state index in [1.807, 2.05) is 0 Å². The molecule has 11 heavy (non-hydrogen) atoms. The largest absolute Gasteiger partial charge is 0.204 e. The molecule has 0 saturated carbocycles. The second-order valence-corrected chi connectivity index (χ2v) is 3.27. The lowest BCUT2D eigenvalue weighted by Gasteiger charge is -1.99. The van der Waals surface area contributed by atoms with Crippen LogP contribution in [0.1, 0.15) is 0 Å². The summed E-state index contributed by atoms with van der Waals surface area (Å²) in [6.45, 7) is 0. The fourth-order valence-corrected chi connectivity index (χ4v) is 1.12. The predicted molar refractivity (Wildman–Crippen MR) is 44.0 cm³/mol. The Morgan fingerprint density at radius 3 is 2.27 bits per heavy atom. The van der Waals surface area contributed by atoms with Crippen molar-refractivity contribution in [3.63, 3.8) is 0 Å². The molecule has 1 rings (SSSR count). The van der Waals surface area contributed by atoms with Crippen molar-refractivity contribution in [3.8, 4) is 0 Å². The van der Waals surface area contributed by atoms with Crippen molar-refractivity contribution in [1.82, 2.24) is 0 Å². The number of hydrogen-bond donors (Lipinski definition) is 0. The van der Waals surface area contributed by atoms with Crippen LogP contribution in [0.3, 0.4) is 0 Å². The van der Waals surface area contributed by atoms with Gasteiger partial charge in [0.25, 0.3) is 0 Å². The monoisotopic (exact) mass is 292 g/mol. The van der Waals surface area contributed by atoms with E-state index in [0.717, 1.165) is 6.07 Å². The number of hydrogen-bond acceptors (Lipinski definition) is 0. The Bertz CT molecular complexity index is 274. The summed E-state index contributed by atoms with van der Waals surface area (Å²) in [6, 6.07) is 0.738. The Balaban J connectivity index is 3.46. The third-order valence-electron chi connectivity index (χ3n) is 1.06. The van der Waals surface area contributed by atoms with Gasteiger partial charge in [0.2, 0.25) is 0 Å². The van der Waals surface area contributed by atoms with E-state index < -0.39 is 17.5 Å². The van der Waals surface area contributed by atoms with Gasteiger partial charge in [-0.05, 0) is 28.7 Å². The minimum Gasteiger partial charge on any atom is -0.204 e. The van der Waals surface area contributed by atoms with Crippen molar-refractivity contribution in [2.45, 2.75) is 0 Å². The number of halogens is 5. The van der Waals surface area contributed by atoms with Gasteiger partial charge in [0, 0.05) is 0 Å². The zero-order chi connectivity index (χ0) is 8.59. The lowest BCUT2D eigenvalue weighted by molar-refractivity contribution is 0.444. The highest BCUT2D eigenvalue weighted by atomic mass is 127. The molecule has 0 amide bonds. The fourth-order valence-electron chi connectivity index (χ4n) is 0.544. The van der Waals surface area contributed by atoms with Crippen LogP contribution in [-0.4, -0.2) is 0 Å². The Morgan fingerprint density at radius 1 is 1.18 bits per heavy atom. The van der Waals surface area contributed by atoms with Crippen LogP contribution in [-0.2, 0) is 0 Å². The first-order chi connectivity index (χ1) is 5.04. The molecule has 0 nitrogen and oxygen atoms in total. The molecule has 60 valence electrons. The maximum Gasteiger partial charge on any atom is 0.195 e. The molecule has 0 atom stereocenters. The molecule has 5 heteroatoms. The first-order valence-corrected chi connectivity index (χ1v) is 3.98. The van der Waals surface area contributed by atoms with E-state index in [1.54, 1.807) is 0 Å². The molecule has 1 aromatic rings. The summed E-state index contributed by atoms with van der Waals surface area (Å²) in [6.07, 6.45) is 0. The third-order valence-corrected chi connectivity index (χ3v) is 2.73. The molecule has 0 saturated heterocycles. The SMILES string of the molecule is Fc1cc(Cl)c(I)c(F)c1F. The molecule has 0 radical (unpaired) electrons. The van der Waals surface area contributed by atoms with Crippen molar-refractivity contribution < 1.29 is 13.2 Å². The van der Waals surface area contributed by atoms with Crippen molar-refractivity contribution in [2.24, 2.45) is 0 Å². The average Bonchev–Trinajstić information content (AvgIpc) is 1.97. The zero-order valence-corrected chi connectivity index (χ0v) is 7.88. The summed E-state index contributed by atoms with van der Waals surface area (Å²) in [4.78, 5) is 0. The van der Waals surface area contributed by atoms with E-state index in [-0.39, 0.29) is 8.59 Å².